The molecule has 31 heavy (non-hydrogen) atoms. The molecule has 5 rings (SSSR count). The van der Waals surface area contributed by atoms with Gasteiger partial charge < -0.3 is 4.74 Å². The van der Waals surface area contributed by atoms with Crippen LogP contribution in [-0.4, -0.2) is 43.9 Å². The number of methoxy groups -OCH3 is 1. The Hall–Kier alpha value is -1.94. The number of aromatic nitrogens is 1. The van der Waals surface area contributed by atoms with E-state index < -0.39 is 10.8 Å². The van der Waals surface area contributed by atoms with Crippen molar-refractivity contribution in [1.82, 2.24) is 9.88 Å². The Bertz CT molecular complexity index is 1240. The van der Waals surface area contributed by atoms with Gasteiger partial charge in [0.1, 0.15) is 10.6 Å². The van der Waals surface area contributed by atoms with Gasteiger partial charge in [0.2, 0.25) is 5.91 Å². The fraction of sp³-hybridized carbons (Fsp3) is 0.286. The summed E-state index contributed by atoms with van der Waals surface area (Å²) in [5, 5.41) is 1.13. The molecule has 160 valence electrons. The highest BCUT2D eigenvalue weighted by atomic mass is 35.5. The number of imide groups is 1. The summed E-state index contributed by atoms with van der Waals surface area (Å²) in [7, 11) is 0.738. The van der Waals surface area contributed by atoms with Crippen molar-refractivity contribution >= 4 is 66.9 Å². The number of thiophene rings is 1. The summed E-state index contributed by atoms with van der Waals surface area (Å²) in [5.74, 6) is 1.78. The Morgan fingerprint density at radius 3 is 2.71 bits per heavy atom. The lowest BCUT2D eigenvalue weighted by Gasteiger charge is -2.17. The minimum atomic E-state index is -0.875. The second kappa shape index (κ2) is 8.20. The average Bonchev–Trinajstić information content (AvgIpc) is 3.28. The number of thioether (sulfide) groups is 1. The molecule has 0 bridgehead atoms. The average molecular weight is 493 g/mol. The van der Waals surface area contributed by atoms with E-state index in [-0.39, 0.29) is 23.4 Å². The molecule has 6 nitrogen and oxygen atoms in total. The van der Waals surface area contributed by atoms with Crippen LogP contribution in [0.1, 0.15) is 16.1 Å². The first kappa shape index (κ1) is 20.9. The number of halogens is 1. The molecule has 2 amide bonds. The highest BCUT2D eigenvalue weighted by Crippen LogP contribution is 2.45. The number of aryl methyl sites for hydroxylation is 1. The summed E-state index contributed by atoms with van der Waals surface area (Å²) in [4.78, 5) is 32.1. The Morgan fingerprint density at radius 1 is 1.26 bits per heavy atom. The summed E-state index contributed by atoms with van der Waals surface area (Å²) < 4.78 is 17.4. The predicted octanol–water partition coefficient (Wildman–Crippen LogP) is 4.63. The largest absolute Gasteiger partial charge is 0.497 e. The van der Waals surface area contributed by atoms with Crippen LogP contribution in [0.4, 0.5) is 4.79 Å². The number of hydrogen-bond acceptors (Lipinski definition) is 7. The van der Waals surface area contributed by atoms with E-state index in [0.29, 0.717) is 28.6 Å². The van der Waals surface area contributed by atoms with Gasteiger partial charge in [0.25, 0.3) is 5.24 Å². The van der Waals surface area contributed by atoms with Crippen molar-refractivity contribution in [3.63, 3.8) is 0 Å². The number of benzene rings is 1. The first-order valence-corrected chi connectivity index (χ1v) is 13.2. The van der Waals surface area contributed by atoms with E-state index in [2.05, 4.69) is 0 Å². The third-order valence-corrected chi connectivity index (χ3v) is 9.27. The van der Waals surface area contributed by atoms with E-state index in [1.165, 1.54) is 16.2 Å². The second-order valence-corrected chi connectivity index (χ2v) is 11.2. The molecular formula is C21H17ClN2O4S3. The van der Waals surface area contributed by atoms with Crippen LogP contribution in [0.15, 0.2) is 24.3 Å². The second-order valence-electron chi connectivity index (χ2n) is 7.23. The molecule has 1 fully saturated rings. The van der Waals surface area contributed by atoms with E-state index in [1.54, 1.807) is 7.11 Å². The molecule has 0 unspecified atom stereocenters. The number of carbonyl (C=O) groups is 2. The van der Waals surface area contributed by atoms with E-state index >= 15 is 0 Å². The van der Waals surface area contributed by atoms with Crippen molar-refractivity contribution in [2.24, 2.45) is 0 Å². The third-order valence-electron chi connectivity index (χ3n) is 5.43. The Balaban J connectivity index is 1.72. The number of amides is 2. The normalized spacial score (nSPS) is 18.6. The van der Waals surface area contributed by atoms with Crippen LogP contribution in [0, 0.1) is 0 Å². The van der Waals surface area contributed by atoms with Gasteiger partial charge in [-0.3, -0.25) is 18.7 Å². The van der Waals surface area contributed by atoms with Gasteiger partial charge in [-0.1, -0.05) is 35.5 Å². The fourth-order valence-corrected chi connectivity index (χ4v) is 7.64. The standard InChI is InChI=1S/C21H17ClN2O4S3/c1-28-12-4-2-11(3-5-12)17-18-13-6-7-31(27)10-15(13)30-20(18)23-14(19(17)22)8-24-16(25)9-29-21(24)26/h2-5H,6-10H2,1H3/t31-/m1/s1. The van der Waals surface area contributed by atoms with Crippen molar-refractivity contribution < 1.29 is 18.5 Å². The van der Waals surface area contributed by atoms with E-state index in [4.69, 9.17) is 21.3 Å². The predicted molar refractivity (Wildman–Crippen MR) is 125 cm³/mol. The maximum atomic E-state index is 12.2. The van der Waals surface area contributed by atoms with Crippen molar-refractivity contribution in [2.45, 2.75) is 18.7 Å². The molecule has 2 aromatic heterocycles. The molecule has 0 saturated carbocycles. The van der Waals surface area contributed by atoms with Gasteiger partial charge in [0.15, 0.2) is 0 Å². The van der Waals surface area contributed by atoms with Gasteiger partial charge in [-0.15, -0.1) is 11.3 Å². The maximum absolute atomic E-state index is 12.2. The van der Waals surface area contributed by atoms with Crippen LogP contribution in [0.25, 0.3) is 21.3 Å². The number of pyridine rings is 1. The molecular weight excluding hydrogens is 476 g/mol. The number of ether oxygens (including phenoxy) is 1. The van der Waals surface area contributed by atoms with Crippen LogP contribution in [0.3, 0.4) is 0 Å². The third kappa shape index (κ3) is 3.67. The Morgan fingerprint density at radius 2 is 2.03 bits per heavy atom. The number of nitrogens with zero attached hydrogens (tertiary/aromatic N) is 2. The minimum Gasteiger partial charge on any atom is -0.497 e. The summed E-state index contributed by atoms with van der Waals surface area (Å²) >= 11 is 9.40. The zero-order chi connectivity index (χ0) is 21.7. The Kier molecular flexibility index (Phi) is 5.54. The lowest BCUT2D eigenvalue weighted by Crippen LogP contribution is -2.28. The lowest BCUT2D eigenvalue weighted by atomic mass is 9.97. The molecule has 1 saturated heterocycles. The number of rotatable bonds is 4. The molecule has 1 aromatic carbocycles. The Labute approximate surface area is 194 Å². The smallest absolute Gasteiger partial charge is 0.289 e. The van der Waals surface area contributed by atoms with Crippen molar-refractivity contribution in [2.75, 3.05) is 18.6 Å². The van der Waals surface area contributed by atoms with Gasteiger partial charge in [-0.2, -0.15) is 0 Å². The number of hydrogen-bond donors (Lipinski definition) is 0. The minimum absolute atomic E-state index is 0.0388. The van der Waals surface area contributed by atoms with E-state index in [1.807, 2.05) is 24.3 Å². The van der Waals surface area contributed by atoms with Crippen LogP contribution in [0.5, 0.6) is 5.75 Å². The molecule has 1 atom stereocenters. The first-order valence-electron chi connectivity index (χ1n) is 9.55. The molecule has 0 spiro atoms. The van der Waals surface area contributed by atoms with Crippen molar-refractivity contribution in [3.8, 4) is 16.9 Å². The van der Waals surface area contributed by atoms with Gasteiger partial charge in [-0.05, 0) is 29.7 Å². The number of carbonyl (C=O) groups excluding carboxylic acids is 2. The summed E-state index contributed by atoms with van der Waals surface area (Å²) in [6, 6.07) is 7.62. The molecule has 10 heteroatoms. The number of fused-ring (bicyclic) bond motifs is 3. The van der Waals surface area contributed by atoms with Crippen LogP contribution >= 0.6 is 34.7 Å². The summed E-state index contributed by atoms with van der Waals surface area (Å²) in [6.45, 7) is 0.0388. The SMILES string of the molecule is COc1ccc(-c2c(Cl)c(CN3C(=O)CSC3=O)nc3sc4c(c23)CC[S@@](=O)C4)cc1. The van der Waals surface area contributed by atoms with Crippen LogP contribution < -0.4 is 4.74 Å². The van der Waals surface area contributed by atoms with Gasteiger partial charge >= 0.3 is 0 Å². The van der Waals surface area contributed by atoms with Crippen molar-refractivity contribution in [1.29, 1.82) is 0 Å². The highest BCUT2D eigenvalue weighted by Gasteiger charge is 2.32. The van der Waals surface area contributed by atoms with Gasteiger partial charge in [-0.25, -0.2) is 4.98 Å². The molecule has 2 aliphatic rings. The van der Waals surface area contributed by atoms with E-state index in [9.17, 15) is 13.8 Å². The molecule has 0 aliphatic carbocycles. The van der Waals surface area contributed by atoms with Gasteiger partial charge in [0, 0.05) is 32.4 Å². The molecule has 0 N–H and O–H groups in total. The van der Waals surface area contributed by atoms with Crippen LogP contribution in [-0.2, 0) is 34.3 Å². The summed E-state index contributed by atoms with van der Waals surface area (Å²) in [5.41, 5.74) is 3.38. The quantitative estimate of drug-likeness (QED) is 0.528. The van der Waals surface area contributed by atoms with E-state index in [0.717, 1.165) is 49.3 Å². The highest BCUT2D eigenvalue weighted by molar-refractivity contribution is 8.14. The molecule has 0 radical (unpaired) electrons. The van der Waals surface area contributed by atoms with Crippen molar-refractivity contribution in [3.05, 3.63) is 45.4 Å². The van der Waals surface area contributed by atoms with Gasteiger partial charge in [0.05, 0.1) is 35.9 Å². The molecule has 4 heterocycles. The zero-order valence-electron chi connectivity index (χ0n) is 16.5. The molecule has 2 aliphatic heterocycles. The first-order chi connectivity index (χ1) is 15.0. The zero-order valence-corrected chi connectivity index (χ0v) is 19.7. The van der Waals surface area contributed by atoms with Crippen LogP contribution in [0.2, 0.25) is 5.02 Å². The molecule has 3 aromatic rings. The lowest BCUT2D eigenvalue weighted by molar-refractivity contribution is -0.125. The topological polar surface area (TPSA) is 76.6 Å². The summed E-state index contributed by atoms with van der Waals surface area (Å²) in [6.07, 6.45) is 0.711. The maximum Gasteiger partial charge on any atom is 0.289 e. The monoisotopic (exact) mass is 492 g/mol. The fourth-order valence-electron chi connectivity index (χ4n) is 3.89.